The van der Waals surface area contributed by atoms with Crippen molar-refractivity contribution in [2.75, 3.05) is 5.32 Å². The molecule has 1 aliphatic heterocycles. The molecule has 2 atom stereocenters. The number of amides is 2. The van der Waals surface area contributed by atoms with Crippen LogP contribution < -0.4 is 16.0 Å². The van der Waals surface area contributed by atoms with Crippen molar-refractivity contribution in [1.82, 2.24) is 20.4 Å². The Labute approximate surface area is 183 Å². The van der Waals surface area contributed by atoms with Crippen molar-refractivity contribution >= 4 is 28.6 Å². The van der Waals surface area contributed by atoms with Crippen molar-refractivity contribution in [3.05, 3.63) is 60.6 Å². The second-order valence-electron chi connectivity index (χ2n) is 7.77. The molecule has 3 aromatic heterocycles. The maximum absolute atomic E-state index is 13.0. The first-order valence-electron chi connectivity index (χ1n) is 10.6. The molecule has 1 fully saturated rings. The monoisotopic (exact) mass is 433 g/mol. The summed E-state index contributed by atoms with van der Waals surface area (Å²) in [5.41, 5.74) is 1.16. The molecule has 1 aromatic carbocycles. The molecule has 0 saturated carbocycles. The minimum atomic E-state index is -0.609. The number of para-hydroxylation sites is 1. The third-order valence-corrected chi connectivity index (χ3v) is 5.41. The van der Waals surface area contributed by atoms with Gasteiger partial charge in [0, 0.05) is 23.9 Å². The molecule has 0 spiro atoms. The van der Waals surface area contributed by atoms with Gasteiger partial charge in [-0.15, -0.1) is 0 Å². The summed E-state index contributed by atoms with van der Waals surface area (Å²) < 4.78 is 12.7. The molecule has 32 heavy (non-hydrogen) atoms. The van der Waals surface area contributed by atoms with Gasteiger partial charge in [0.1, 0.15) is 17.1 Å². The first-order valence-corrected chi connectivity index (χ1v) is 10.6. The van der Waals surface area contributed by atoms with Gasteiger partial charge in [-0.1, -0.05) is 31.5 Å². The highest BCUT2D eigenvalue weighted by atomic mass is 16.3. The number of hydrogen-bond acceptors (Lipinski definition) is 6. The van der Waals surface area contributed by atoms with Gasteiger partial charge < -0.3 is 19.5 Å². The molecule has 2 unspecified atom stereocenters. The summed E-state index contributed by atoms with van der Waals surface area (Å²) in [5, 5.41) is 14.6. The van der Waals surface area contributed by atoms with E-state index in [1.165, 1.54) is 0 Å². The maximum Gasteiger partial charge on any atom is 0.292 e. The Morgan fingerprint density at radius 2 is 2.12 bits per heavy atom. The van der Waals surface area contributed by atoms with E-state index >= 15 is 0 Å². The van der Waals surface area contributed by atoms with Gasteiger partial charge in [0.05, 0.1) is 6.26 Å². The van der Waals surface area contributed by atoms with Gasteiger partial charge in [0.2, 0.25) is 5.91 Å². The summed E-state index contributed by atoms with van der Waals surface area (Å²) in [5.74, 6) is 0.646. The zero-order valence-electron chi connectivity index (χ0n) is 17.5. The number of nitrogens with one attached hydrogen (secondary N) is 3. The highest BCUT2D eigenvalue weighted by Gasteiger charge is 2.29. The van der Waals surface area contributed by atoms with Crippen LogP contribution in [0.4, 0.5) is 5.82 Å². The summed E-state index contributed by atoms with van der Waals surface area (Å²) in [6.45, 7) is 2.07. The molecule has 9 nitrogen and oxygen atoms in total. The number of carbonyl (C=O) groups excluding carboxylic acids is 2. The number of carbonyl (C=O) groups is 2. The van der Waals surface area contributed by atoms with Crippen LogP contribution >= 0.6 is 0 Å². The highest BCUT2D eigenvalue weighted by molar-refractivity contribution is 6.04. The topological polar surface area (TPSA) is 114 Å². The SMILES string of the molecule is CCCC1CC(=O)NC(n2nc(-c3ccco3)cc2NC(=O)c2cc3ccccc3o2)N1. The molecule has 1 saturated heterocycles. The van der Waals surface area contributed by atoms with E-state index < -0.39 is 12.2 Å². The van der Waals surface area contributed by atoms with E-state index in [-0.39, 0.29) is 17.7 Å². The minimum absolute atomic E-state index is 0.0222. The van der Waals surface area contributed by atoms with Crippen LogP contribution in [0.25, 0.3) is 22.4 Å². The lowest BCUT2D eigenvalue weighted by Gasteiger charge is -2.32. The van der Waals surface area contributed by atoms with Gasteiger partial charge in [-0.05, 0) is 30.7 Å². The van der Waals surface area contributed by atoms with E-state index in [1.807, 2.05) is 18.2 Å². The Bertz CT molecular complexity index is 1220. The molecular formula is C23H23N5O4. The van der Waals surface area contributed by atoms with E-state index in [2.05, 4.69) is 28.0 Å². The molecule has 164 valence electrons. The number of hydrogen-bond donors (Lipinski definition) is 3. The number of furan rings is 2. The highest BCUT2D eigenvalue weighted by Crippen LogP contribution is 2.27. The molecule has 2 amide bonds. The maximum atomic E-state index is 13.0. The van der Waals surface area contributed by atoms with Crippen LogP contribution in [0.1, 0.15) is 43.0 Å². The number of nitrogens with zero attached hydrogens (tertiary/aromatic N) is 2. The Kier molecular flexibility index (Phi) is 5.24. The van der Waals surface area contributed by atoms with Crippen molar-refractivity contribution in [3.8, 4) is 11.5 Å². The van der Waals surface area contributed by atoms with Crippen LogP contribution in [-0.4, -0.2) is 27.6 Å². The summed E-state index contributed by atoms with van der Waals surface area (Å²) in [7, 11) is 0. The standard InChI is InChI=1S/C23H23N5O4/c1-2-6-15-12-21(29)26-23(24-15)28-20(13-16(27-28)18-9-5-10-31-18)25-22(30)19-11-14-7-3-4-8-17(14)32-19/h3-5,7-11,13,15,23-24H,2,6,12H2,1H3,(H,25,30)(H,26,29). The van der Waals surface area contributed by atoms with Crippen LogP contribution in [-0.2, 0) is 4.79 Å². The summed E-state index contributed by atoms with van der Waals surface area (Å²) in [6, 6.07) is 14.4. The normalized spacial score (nSPS) is 18.6. The van der Waals surface area contributed by atoms with E-state index in [1.54, 1.807) is 41.3 Å². The average Bonchev–Trinajstić information content (AvgIpc) is 3.52. The van der Waals surface area contributed by atoms with Crippen molar-refractivity contribution in [2.24, 2.45) is 0 Å². The van der Waals surface area contributed by atoms with Gasteiger partial charge in [-0.25, -0.2) is 4.68 Å². The van der Waals surface area contributed by atoms with Gasteiger partial charge in [-0.3, -0.25) is 14.9 Å². The van der Waals surface area contributed by atoms with E-state index in [4.69, 9.17) is 8.83 Å². The van der Waals surface area contributed by atoms with Crippen molar-refractivity contribution in [1.29, 1.82) is 0 Å². The smallest absolute Gasteiger partial charge is 0.292 e. The lowest BCUT2D eigenvalue weighted by Crippen LogP contribution is -2.53. The van der Waals surface area contributed by atoms with Gasteiger partial charge in [0.15, 0.2) is 17.8 Å². The van der Waals surface area contributed by atoms with Crippen molar-refractivity contribution in [2.45, 2.75) is 38.5 Å². The Hall–Kier alpha value is -3.85. The lowest BCUT2D eigenvalue weighted by atomic mass is 10.1. The Morgan fingerprint density at radius 3 is 2.91 bits per heavy atom. The number of fused-ring (bicyclic) bond motifs is 1. The quantitative estimate of drug-likeness (QED) is 0.425. The third-order valence-electron chi connectivity index (χ3n) is 5.41. The summed E-state index contributed by atoms with van der Waals surface area (Å²) in [6.07, 6.45) is 3.15. The second-order valence-corrected chi connectivity index (χ2v) is 7.77. The first-order chi connectivity index (χ1) is 15.6. The van der Waals surface area contributed by atoms with E-state index in [0.29, 0.717) is 29.3 Å². The molecule has 0 aliphatic carbocycles. The largest absolute Gasteiger partial charge is 0.463 e. The molecule has 4 aromatic rings. The van der Waals surface area contributed by atoms with Gasteiger partial charge in [-0.2, -0.15) is 5.10 Å². The number of aromatic nitrogens is 2. The van der Waals surface area contributed by atoms with Crippen molar-refractivity contribution < 1.29 is 18.4 Å². The molecular weight excluding hydrogens is 410 g/mol. The average molecular weight is 433 g/mol. The lowest BCUT2D eigenvalue weighted by molar-refractivity contribution is -0.125. The van der Waals surface area contributed by atoms with Crippen LogP contribution in [0.5, 0.6) is 0 Å². The van der Waals surface area contributed by atoms with Crippen LogP contribution in [0.15, 0.2) is 63.6 Å². The fourth-order valence-corrected chi connectivity index (χ4v) is 3.93. The number of benzene rings is 1. The molecule has 3 N–H and O–H groups in total. The van der Waals surface area contributed by atoms with E-state index in [9.17, 15) is 9.59 Å². The molecule has 0 bridgehead atoms. The van der Waals surface area contributed by atoms with E-state index in [0.717, 1.165) is 18.2 Å². The first kappa shape index (κ1) is 20.1. The van der Waals surface area contributed by atoms with Gasteiger partial charge in [0.25, 0.3) is 5.91 Å². The Balaban J connectivity index is 1.47. The number of anilines is 1. The predicted molar refractivity (Wildman–Crippen MR) is 118 cm³/mol. The molecule has 4 heterocycles. The molecule has 5 rings (SSSR count). The van der Waals surface area contributed by atoms with Crippen LogP contribution in [0.2, 0.25) is 0 Å². The summed E-state index contributed by atoms with van der Waals surface area (Å²) >= 11 is 0. The molecule has 0 radical (unpaired) electrons. The zero-order valence-corrected chi connectivity index (χ0v) is 17.5. The summed E-state index contributed by atoms with van der Waals surface area (Å²) in [4.78, 5) is 25.3. The molecule has 9 heteroatoms. The second kappa shape index (κ2) is 8.35. The number of rotatable bonds is 6. The van der Waals surface area contributed by atoms with Crippen LogP contribution in [0, 0.1) is 0 Å². The minimum Gasteiger partial charge on any atom is -0.463 e. The fourth-order valence-electron chi connectivity index (χ4n) is 3.93. The Morgan fingerprint density at radius 1 is 1.25 bits per heavy atom. The predicted octanol–water partition coefficient (Wildman–Crippen LogP) is 3.88. The van der Waals surface area contributed by atoms with Crippen molar-refractivity contribution in [3.63, 3.8) is 0 Å². The van der Waals surface area contributed by atoms with Gasteiger partial charge >= 0.3 is 0 Å². The van der Waals surface area contributed by atoms with Crippen LogP contribution in [0.3, 0.4) is 0 Å². The third kappa shape index (κ3) is 3.90. The molecule has 1 aliphatic rings. The zero-order chi connectivity index (χ0) is 22.1. The fraction of sp³-hybridized carbons (Fsp3) is 0.261.